The Labute approximate surface area is 109 Å². The molecular weight excluding hydrogens is 226 g/mol. The standard InChI is InChI=1S/C15H23NO2/c1-10-6-11(2)8-13(7-10)18-14-5-4-12(16)9-15(14)17-3/h4-5,9-11,13H,6-8,16H2,1-3H3. The van der Waals surface area contributed by atoms with Gasteiger partial charge in [0.15, 0.2) is 11.5 Å². The van der Waals surface area contributed by atoms with Gasteiger partial charge in [-0.3, -0.25) is 0 Å². The number of hydrogen-bond donors (Lipinski definition) is 1. The van der Waals surface area contributed by atoms with E-state index in [9.17, 15) is 0 Å². The molecule has 2 unspecified atom stereocenters. The van der Waals surface area contributed by atoms with Crippen LogP contribution in [0, 0.1) is 11.8 Å². The van der Waals surface area contributed by atoms with Gasteiger partial charge in [0, 0.05) is 11.8 Å². The monoisotopic (exact) mass is 249 g/mol. The molecule has 1 aromatic carbocycles. The smallest absolute Gasteiger partial charge is 0.162 e. The summed E-state index contributed by atoms with van der Waals surface area (Å²) in [5.41, 5.74) is 6.44. The number of benzene rings is 1. The summed E-state index contributed by atoms with van der Waals surface area (Å²) in [6, 6.07) is 5.57. The minimum absolute atomic E-state index is 0.293. The summed E-state index contributed by atoms with van der Waals surface area (Å²) in [4.78, 5) is 0. The first-order valence-corrected chi connectivity index (χ1v) is 6.68. The van der Waals surface area contributed by atoms with Crippen molar-refractivity contribution in [3.8, 4) is 11.5 Å². The van der Waals surface area contributed by atoms with E-state index in [4.69, 9.17) is 15.2 Å². The molecule has 18 heavy (non-hydrogen) atoms. The van der Waals surface area contributed by atoms with Gasteiger partial charge in [-0.1, -0.05) is 13.8 Å². The van der Waals surface area contributed by atoms with Crippen molar-refractivity contribution < 1.29 is 9.47 Å². The van der Waals surface area contributed by atoms with E-state index >= 15 is 0 Å². The van der Waals surface area contributed by atoms with Gasteiger partial charge in [0.1, 0.15) is 0 Å². The highest BCUT2D eigenvalue weighted by atomic mass is 16.5. The zero-order valence-electron chi connectivity index (χ0n) is 11.5. The molecule has 0 amide bonds. The number of hydrogen-bond acceptors (Lipinski definition) is 3. The zero-order valence-corrected chi connectivity index (χ0v) is 11.5. The fraction of sp³-hybridized carbons (Fsp3) is 0.600. The van der Waals surface area contributed by atoms with Gasteiger partial charge in [-0.15, -0.1) is 0 Å². The molecule has 3 nitrogen and oxygen atoms in total. The van der Waals surface area contributed by atoms with Crippen LogP contribution in [-0.4, -0.2) is 13.2 Å². The van der Waals surface area contributed by atoms with Crippen molar-refractivity contribution in [1.29, 1.82) is 0 Å². The Bertz CT molecular complexity index is 395. The minimum Gasteiger partial charge on any atom is -0.493 e. The normalized spacial score (nSPS) is 27.8. The lowest BCUT2D eigenvalue weighted by Gasteiger charge is -2.32. The first-order valence-electron chi connectivity index (χ1n) is 6.68. The summed E-state index contributed by atoms with van der Waals surface area (Å²) in [6.07, 6.45) is 3.84. The molecule has 1 fully saturated rings. The SMILES string of the molecule is COc1cc(N)ccc1OC1CC(C)CC(C)C1. The highest BCUT2D eigenvalue weighted by molar-refractivity contribution is 5.52. The summed E-state index contributed by atoms with van der Waals surface area (Å²) in [5, 5.41) is 0. The quantitative estimate of drug-likeness (QED) is 0.834. The molecule has 1 aliphatic carbocycles. The molecular formula is C15H23NO2. The maximum atomic E-state index is 6.09. The van der Waals surface area contributed by atoms with E-state index in [1.54, 1.807) is 7.11 Å². The number of rotatable bonds is 3. The first-order chi connectivity index (χ1) is 8.58. The van der Waals surface area contributed by atoms with Crippen molar-refractivity contribution in [2.45, 2.75) is 39.2 Å². The van der Waals surface area contributed by atoms with Crippen LogP contribution in [-0.2, 0) is 0 Å². The van der Waals surface area contributed by atoms with Crippen molar-refractivity contribution in [2.75, 3.05) is 12.8 Å². The maximum Gasteiger partial charge on any atom is 0.162 e. The van der Waals surface area contributed by atoms with Crippen molar-refractivity contribution in [3.63, 3.8) is 0 Å². The van der Waals surface area contributed by atoms with Gasteiger partial charge in [-0.25, -0.2) is 0 Å². The van der Waals surface area contributed by atoms with Crippen LogP contribution in [0.3, 0.4) is 0 Å². The molecule has 0 bridgehead atoms. The lowest BCUT2D eigenvalue weighted by molar-refractivity contribution is 0.0980. The number of nitrogens with two attached hydrogens (primary N) is 1. The van der Waals surface area contributed by atoms with Crippen LogP contribution in [0.4, 0.5) is 5.69 Å². The summed E-state index contributed by atoms with van der Waals surface area (Å²) in [7, 11) is 1.65. The average molecular weight is 249 g/mol. The average Bonchev–Trinajstić information content (AvgIpc) is 2.30. The van der Waals surface area contributed by atoms with Gasteiger partial charge in [0.2, 0.25) is 0 Å². The Morgan fingerprint density at radius 3 is 2.33 bits per heavy atom. The zero-order chi connectivity index (χ0) is 13.1. The second-order valence-corrected chi connectivity index (χ2v) is 5.57. The van der Waals surface area contributed by atoms with E-state index in [2.05, 4.69) is 13.8 Å². The van der Waals surface area contributed by atoms with Crippen molar-refractivity contribution >= 4 is 5.69 Å². The van der Waals surface area contributed by atoms with E-state index in [1.807, 2.05) is 18.2 Å². The fourth-order valence-electron chi connectivity index (χ4n) is 2.93. The predicted octanol–water partition coefficient (Wildman–Crippen LogP) is 3.48. The molecule has 0 heterocycles. The highest BCUT2D eigenvalue weighted by Gasteiger charge is 2.25. The second kappa shape index (κ2) is 5.51. The summed E-state index contributed by atoms with van der Waals surface area (Å²) in [5.74, 6) is 3.00. The van der Waals surface area contributed by atoms with Crippen LogP contribution in [0.25, 0.3) is 0 Å². The molecule has 0 spiro atoms. The number of methoxy groups -OCH3 is 1. The molecule has 0 radical (unpaired) electrons. The minimum atomic E-state index is 0.293. The maximum absolute atomic E-state index is 6.09. The van der Waals surface area contributed by atoms with Crippen LogP contribution < -0.4 is 15.2 Å². The summed E-state index contributed by atoms with van der Waals surface area (Å²) >= 11 is 0. The fourth-order valence-corrected chi connectivity index (χ4v) is 2.93. The van der Waals surface area contributed by atoms with Crippen molar-refractivity contribution in [2.24, 2.45) is 11.8 Å². The Balaban J connectivity index is 2.08. The number of ether oxygens (including phenoxy) is 2. The van der Waals surface area contributed by atoms with Crippen molar-refractivity contribution in [3.05, 3.63) is 18.2 Å². The summed E-state index contributed by atoms with van der Waals surface area (Å²) in [6.45, 7) is 4.60. The third-order valence-electron chi connectivity index (χ3n) is 3.62. The molecule has 2 rings (SSSR count). The van der Waals surface area contributed by atoms with Gasteiger partial charge in [-0.05, 0) is 43.2 Å². The summed E-state index contributed by atoms with van der Waals surface area (Å²) < 4.78 is 11.4. The van der Waals surface area contributed by atoms with Gasteiger partial charge in [-0.2, -0.15) is 0 Å². The Kier molecular flexibility index (Phi) is 4.00. The predicted molar refractivity (Wildman–Crippen MR) is 74.0 cm³/mol. The largest absolute Gasteiger partial charge is 0.493 e. The molecule has 0 saturated heterocycles. The topological polar surface area (TPSA) is 44.5 Å². The van der Waals surface area contributed by atoms with E-state index in [1.165, 1.54) is 6.42 Å². The van der Waals surface area contributed by atoms with E-state index in [0.29, 0.717) is 11.8 Å². The molecule has 2 N–H and O–H groups in total. The van der Waals surface area contributed by atoms with Gasteiger partial charge in [0.25, 0.3) is 0 Å². The Morgan fingerprint density at radius 2 is 1.72 bits per heavy atom. The highest BCUT2D eigenvalue weighted by Crippen LogP contribution is 2.35. The molecule has 1 aromatic rings. The van der Waals surface area contributed by atoms with Gasteiger partial charge >= 0.3 is 0 Å². The van der Waals surface area contributed by atoms with Crippen molar-refractivity contribution in [1.82, 2.24) is 0 Å². The third-order valence-corrected chi connectivity index (χ3v) is 3.62. The molecule has 2 atom stereocenters. The van der Waals surface area contributed by atoms with Gasteiger partial charge < -0.3 is 15.2 Å². The Hall–Kier alpha value is -1.38. The third kappa shape index (κ3) is 3.09. The van der Waals surface area contributed by atoms with E-state index < -0.39 is 0 Å². The second-order valence-electron chi connectivity index (χ2n) is 5.57. The first kappa shape index (κ1) is 13.1. The number of nitrogen functional groups attached to an aromatic ring is 1. The van der Waals surface area contributed by atoms with Crippen LogP contribution in [0.2, 0.25) is 0 Å². The molecule has 0 aliphatic heterocycles. The lowest BCUT2D eigenvalue weighted by atomic mass is 9.82. The number of anilines is 1. The van der Waals surface area contributed by atoms with Crippen LogP contribution in [0.1, 0.15) is 33.1 Å². The van der Waals surface area contributed by atoms with Crippen LogP contribution >= 0.6 is 0 Å². The molecule has 3 heteroatoms. The van der Waals surface area contributed by atoms with Gasteiger partial charge in [0.05, 0.1) is 13.2 Å². The molecule has 0 aromatic heterocycles. The Morgan fingerprint density at radius 1 is 1.06 bits per heavy atom. The lowest BCUT2D eigenvalue weighted by Crippen LogP contribution is -2.28. The van der Waals surface area contributed by atoms with E-state index in [-0.39, 0.29) is 0 Å². The molecule has 1 saturated carbocycles. The molecule has 1 aliphatic rings. The van der Waals surface area contributed by atoms with E-state index in [0.717, 1.165) is 36.2 Å². The van der Waals surface area contributed by atoms with Crippen LogP contribution in [0.5, 0.6) is 11.5 Å². The molecule has 100 valence electrons. The van der Waals surface area contributed by atoms with Crippen LogP contribution in [0.15, 0.2) is 18.2 Å².